The second kappa shape index (κ2) is 8.33. The molecule has 4 aromatic heterocycles. The number of nitrogens with two attached hydrogens (primary N) is 1. The Morgan fingerprint density at radius 3 is 2.62 bits per heavy atom. The molecule has 2 aliphatic rings. The van der Waals surface area contributed by atoms with Crippen LogP contribution in [0, 0.1) is 5.92 Å². The molecule has 1 fully saturated rings. The first-order valence-electron chi connectivity index (χ1n) is 11.5. The molecule has 10 nitrogen and oxygen atoms in total. The van der Waals surface area contributed by atoms with Gasteiger partial charge in [-0.15, -0.1) is 0 Å². The fourth-order valence-electron chi connectivity index (χ4n) is 4.94. The van der Waals surface area contributed by atoms with Crippen molar-refractivity contribution in [2.75, 3.05) is 11.1 Å². The van der Waals surface area contributed by atoms with Gasteiger partial charge in [-0.3, -0.25) is 4.79 Å². The van der Waals surface area contributed by atoms with Gasteiger partial charge in [-0.2, -0.15) is 13.2 Å². The number of halogens is 4. The molecule has 37 heavy (non-hydrogen) atoms. The minimum Gasteiger partial charge on any atom is -0.383 e. The number of anilines is 2. The lowest BCUT2D eigenvalue weighted by Crippen LogP contribution is -2.40. The monoisotopic (exact) mass is 529 g/mol. The second-order valence-electron chi connectivity index (χ2n) is 9.12. The fourth-order valence-corrected chi connectivity index (χ4v) is 5.04. The van der Waals surface area contributed by atoms with Crippen molar-refractivity contribution in [3.63, 3.8) is 0 Å². The van der Waals surface area contributed by atoms with Crippen molar-refractivity contribution >= 4 is 34.8 Å². The molecule has 14 heteroatoms. The van der Waals surface area contributed by atoms with Crippen LogP contribution in [-0.2, 0) is 16.6 Å². The van der Waals surface area contributed by atoms with E-state index in [2.05, 4.69) is 35.2 Å². The summed E-state index contributed by atoms with van der Waals surface area (Å²) in [6.07, 6.45) is 3.93. The van der Waals surface area contributed by atoms with Crippen LogP contribution in [0.2, 0.25) is 5.02 Å². The number of amides is 1. The summed E-state index contributed by atoms with van der Waals surface area (Å²) < 4.78 is 39.7. The van der Waals surface area contributed by atoms with E-state index in [1.165, 1.54) is 18.6 Å². The van der Waals surface area contributed by atoms with Gasteiger partial charge in [0.1, 0.15) is 28.6 Å². The Morgan fingerprint density at radius 2 is 1.92 bits per heavy atom. The fraction of sp³-hybridized carbons (Fsp3) is 0.348. The van der Waals surface area contributed by atoms with Gasteiger partial charge in [0.15, 0.2) is 11.5 Å². The molecule has 1 atom stereocenters. The summed E-state index contributed by atoms with van der Waals surface area (Å²) >= 11 is 5.97. The van der Waals surface area contributed by atoms with E-state index in [4.69, 9.17) is 17.3 Å². The number of nitrogens with zero attached hydrogens (tertiary/aromatic N) is 7. The number of fused-ring (bicyclic) bond motifs is 2. The molecule has 190 valence electrons. The van der Waals surface area contributed by atoms with E-state index in [1.54, 1.807) is 16.8 Å². The van der Waals surface area contributed by atoms with Crippen LogP contribution < -0.4 is 11.1 Å². The summed E-state index contributed by atoms with van der Waals surface area (Å²) in [4.78, 5) is 39.9. The summed E-state index contributed by atoms with van der Waals surface area (Å²) in [6, 6.07) is 0. The molecule has 0 saturated heterocycles. The van der Waals surface area contributed by atoms with Crippen molar-refractivity contribution in [3.8, 4) is 11.5 Å². The van der Waals surface area contributed by atoms with Crippen LogP contribution in [-0.4, -0.2) is 46.4 Å². The lowest BCUT2D eigenvalue weighted by atomic mass is 9.76. The molecule has 1 saturated carbocycles. The van der Waals surface area contributed by atoms with Crippen molar-refractivity contribution in [2.45, 2.75) is 43.7 Å². The van der Waals surface area contributed by atoms with Crippen molar-refractivity contribution in [1.29, 1.82) is 0 Å². The third-order valence-electron chi connectivity index (χ3n) is 6.63. The number of aromatic nitrogens is 7. The number of carbonyl (C=O) groups excluding carboxylic acids is 1. The third-order valence-corrected chi connectivity index (χ3v) is 6.83. The number of aryl methyl sites for hydroxylation is 1. The van der Waals surface area contributed by atoms with Gasteiger partial charge < -0.3 is 15.5 Å². The van der Waals surface area contributed by atoms with Crippen LogP contribution in [0.5, 0.6) is 0 Å². The number of hydrogen-bond acceptors (Lipinski definition) is 8. The van der Waals surface area contributed by atoms with E-state index in [9.17, 15) is 18.0 Å². The normalized spacial score (nSPS) is 19.3. The average Bonchev–Trinajstić information content (AvgIpc) is 3.49. The summed E-state index contributed by atoms with van der Waals surface area (Å²) in [7, 11) is 0. The molecule has 1 aliphatic heterocycles. The maximum Gasteiger partial charge on any atom is 0.389 e. The zero-order valence-corrected chi connectivity index (χ0v) is 19.9. The number of imidazole rings is 1. The van der Waals surface area contributed by atoms with Gasteiger partial charge in [0.2, 0.25) is 5.91 Å². The second-order valence-corrected chi connectivity index (χ2v) is 9.55. The zero-order chi connectivity index (χ0) is 25.9. The number of nitrogen functional groups attached to an aromatic ring is 1. The van der Waals surface area contributed by atoms with E-state index in [-0.39, 0.29) is 53.6 Å². The molecular formula is C23H19ClF3N9O. The summed E-state index contributed by atoms with van der Waals surface area (Å²) in [5.74, 6) is 0.249. The van der Waals surface area contributed by atoms with Gasteiger partial charge in [0.25, 0.3) is 0 Å². The summed E-state index contributed by atoms with van der Waals surface area (Å²) in [6.45, 7) is 0. The molecule has 0 spiro atoms. The molecule has 0 bridgehead atoms. The predicted octanol–water partition coefficient (Wildman–Crippen LogP) is 3.75. The van der Waals surface area contributed by atoms with Gasteiger partial charge in [0, 0.05) is 37.4 Å². The first-order chi connectivity index (χ1) is 17.7. The summed E-state index contributed by atoms with van der Waals surface area (Å²) in [5.41, 5.74) is 6.70. The number of carbonyl (C=O) groups is 1. The molecule has 4 aromatic rings. The maximum absolute atomic E-state index is 13.4. The highest BCUT2D eigenvalue weighted by molar-refractivity contribution is 6.30. The molecule has 1 aliphatic carbocycles. The average molecular weight is 530 g/mol. The van der Waals surface area contributed by atoms with Gasteiger partial charge in [-0.05, 0) is 31.6 Å². The quantitative estimate of drug-likeness (QED) is 0.385. The Hall–Kier alpha value is -3.87. The maximum atomic E-state index is 13.4. The van der Waals surface area contributed by atoms with E-state index >= 15 is 0 Å². The molecule has 6 rings (SSSR count). The lowest BCUT2D eigenvalue weighted by Gasteiger charge is -2.26. The smallest absolute Gasteiger partial charge is 0.383 e. The van der Waals surface area contributed by atoms with Gasteiger partial charge in [-0.1, -0.05) is 11.6 Å². The molecule has 1 unspecified atom stereocenters. The van der Waals surface area contributed by atoms with Crippen LogP contribution in [0.25, 0.3) is 17.2 Å². The lowest BCUT2D eigenvalue weighted by molar-refractivity contribution is -0.135. The Morgan fingerprint density at radius 1 is 1.16 bits per heavy atom. The number of alkyl halides is 3. The van der Waals surface area contributed by atoms with Crippen molar-refractivity contribution in [2.24, 2.45) is 5.92 Å². The zero-order valence-electron chi connectivity index (χ0n) is 19.1. The van der Waals surface area contributed by atoms with Gasteiger partial charge >= 0.3 is 6.18 Å². The summed E-state index contributed by atoms with van der Waals surface area (Å²) in [5, 5.41) is 3.15. The Bertz CT molecular complexity index is 1540. The number of rotatable bonds is 6. The van der Waals surface area contributed by atoms with Crippen molar-refractivity contribution in [1.82, 2.24) is 34.3 Å². The first kappa shape index (κ1) is 23.5. The molecule has 1 amide bonds. The Balaban J connectivity index is 1.43. The largest absolute Gasteiger partial charge is 0.389 e. The molecule has 0 radical (unpaired) electrons. The minimum absolute atomic E-state index is 0.0592. The van der Waals surface area contributed by atoms with Crippen LogP contribution in [0.4, 0.5) is 24.8 Å². The van der Waals surface area contributed by atoms with E-state index < -0.39 is 18.0 Å². The standard InChI is InChI=1S/C23H19ClF3N9O/c24-12-8-30-20(31-9-12)23(11-3-4-11)15-16(28)33-17(34-18(15)35-21(23)37)14-10-36-7-6-29-19(36)13(32-14)2-1-5-22(25,26)27/h6-11H,1-5H2,(H3,28,33,34,35,37). The Kier molecular flexibility index (Phi) is 5.30. The number of hydrogen-bond donors (Lipinski definition) is 2. The van der Waals surface area contributed by atoms with Crippen LogP contribution in [0.1, 0.15) is 42.8 Å². The molecule has 5 heterocycles. The van der Waals surface area contributed by atoms with Crippen LogP contribution in [0.15, 0.2) is 31.0 Å². The number of nitrogens with one attached hydrogen (secondary N) is 1. The van der Waals surface area contributed by atoms with Crippen molar-refractivity contribution in [3.05, 3.63) is 53.1 Å². The van der Waals surface area contributed by atoms with Gasteiger partial charge in [0.05, 0.1) is 16.3 Å². The highest BCUT2D eigenvalue weighted by Crippen LogP contribution is 2.56. The topological polar surface area (TPSA) is 137 Å². The highest BCUT2D eigenvalue weighted by atomic mass is 35.5. The first-order valence-corrected chi connectivity index (χ1v) is 11.9. The van der Waals surface area contributed by atoms with E-state index in [0.717, 1.165) is 12.8 Å². The predicted molar refractivity (Wildman–Crippen MR) is 127 cm³/mol. The molecule has 0 aromatic carbocycles. The Labute approximate surface area is 212 Å². The van der Waals surface area contributed by atoms with E-state index in [0.29, 0.717) is 21.9 Å². The molecular weight excluding hydrogens is 511 g/mol. The third kappa shape index (κ3) is 3.93. The van der Waals surface area contributed by atoms with Crippen molar-refractivity contribution < 1.29 is 18.0 Å². The van der Waals surface area contributed by atoms with Crippen LogP contribution >= 0.6 is 11.6 Å². The van der Waals surface area contributed by atoms with Crippen LogP contribution in [0.3, 0.4) is 0 Å². The molecule has 3 N–H and O–H groups in total. The van der Waals surface area contributed by atoms with E-state index in [1.807, 2.05) is 0 Å². The minimum atomic E-state index is -4.26. The highest BCUT2D eigenvalue weighted by Gasteiger charge is 2.61. The van der Waals surface area contributed by atoms with Gasteiger partial charge in [-0.25, -0.2) is 29.9 Å². The SMILES string of the molecule is Nc1nc(-c2cn3ccnc3c(CCCC(F)(F)F)n2)nc2c1C(c1ncc(Cl)cn1)(C1CC1)C(=O)N2.